The molecule has 7 heteroatoms. The lowest BCUT2D eigenvalue weighted by Crippen LogP contribution is -2.21. The lowest BCUT2D eigenvalue weighted by molar-refractivity contribution is 0.698. The number of rotatable bonds is 3. The molecule has 3 rings (SSSR count). The van der Waals surface area contributed by atoms with E-state index in [0.717, 1.165) is 18.7 Å². The Kier molecular flexibility index (Phi) is 3.17. The van der Waals surface area contributed by atoms with Gasteiger partial charge in [-0.25, -0.2) is 0 Å². The smallest absolute Gasteiger partial charge is 0.296 e. The van der Waals surface area contributed by atoms with E-state index in [2.05, 4.69) is 10.2 Å². The van der Waals surface area contributed by atoms with Gasteiger partial charge in [0.2, 0.25) is 5.65 Å². The molecule has 1 saturated carbocycles. The van der Waals surface area contributed by atoms with Crippen LogP contribution in [0.2, 0.25) is 0 Å². The normalized spacial score (nSPS) is 14.9. The van der Waals surface area contributed by atoms with Crippen LogP contribution in [0, 0.1) is 0 Å². The summed E-state index contributed by atoms with van der Waals surface area (Å²) in [5.41, 5.74) is 5.82. The summed E-state index contributed by atoms with van der Waals surface area (Å²) >= 11 is 0. The van der Waals surface area contributed by atoms with Crippen LogP contribution in [-0.4, -0.2) is 25.7 Å². The van der Waals surface area contributed by atoms with E-state index in [1.54, 1.807) is 8.97 Å². The molecule has 0 bridgehead atoms. The first-order valence-corrected chi connectivity index (χ1v) is 5.46. The third-order valence-electron chi connectivity index (χ3n) is 2.88. The summed E-state index contributed by atoms with van der Waals surface area (Å²) in [7, 11) is 0. The summed E-state index contributed by atoms with van der Waals surface area (Å²) in [5, 5.41) is 7.92. The van der Waals surface area contributed by atoms with Crippen molar-refractivity contribution in [1.29, 1.82) is 0 Å². The van der Waals surface area contributed by atoms with Gasteiger partial charge in [0.25, 0.3) is 5.56 Å². The van der Waals surface area contributed by atoms with Crippen molar-refractivity contribution in [2.24, 2.45) is 5.73 Å². The van der Waals surface area contributed by atoms with Gasteiger partial charge in [-0.05, 0) is 19.4 Å². The Labute approximate surface area is 104 Å². The number of nitrogens with two attached hydrogens (primary N) is 1. The zero-order chi connectivity index (χ0) is 11.1. The lowest BCUT2D eigenvalue weighted by atomic mass is 10.4. The Bertz CT molecular complexity index is 586. The second-order valence-electron chi connectivity index (χ2n) is 4.09. The fourth-order valence-corrected chi connectivity index (χ4v) is 1.89. The monoisotopic (exact) mass is 255 g/mol. The van der Waals surface area contributed by atoms with Crippen molar-refractivity contribution < 1.29 is 0 Å². The molecule has 0 spiro atoms. The van der Waals surface area contributed by atoms with Gasteiger partial charge in [-0.3, -0.25) is 9.20 Å². The molecule has 2 aromatic rings. The molecule has 0 radical (unpaired) electrons. The molecule has 0 aromatic carbocycles. The van der Waals surface area contributed by atoms with Crippen LogP contribution in [0.5, 0.6) is 0 Å². The number of fused-ring (bicyclic) bond motifs is 1. The molecule has 1 fully saturated rings. The summed E-state index contributed by atoms with van der Waals surface area (Å²) in [6.45, 7) is 0.506. The maximum Gasteiger partial charge on any atom is 0.296 e. The SMILES string of the molecule is Cl.NCCc1nnc2c(=O)n(C3CC3)ccn12. The topological polar surface area (TPSA) is 78.2 Å². The molecule has 92 valence electrons. The van der Waals surface area contributed by atoms with Crippen LogP contribution in [0.1, 0.15) is 24.7 Å². The van der Waals surface area contributed by atoms with E-state index >= 15 is 0 Å². The first-order valence-electron chi connectivity index (χ1n) is 5.46. The van der Waals surface area contributed by atoms with E-state index in [4.69, 9.17) is 5.73 Å². The minimum absolute atomic E-state index is 0. The molecule has 0 amide bonds. The molecular weight excluding hydrogens is 242 g/mol. The molecule has 17 heavy (non-hydrogen) atoms. The minimum atomic E-state index is -0.0548. The third kappa shape index (κ3) is 1.94. The highest BCUT2D eigenvalue weighted by Crippen LogP contribution is 2.33. The number of aromatic nitrogens is 4. The van der Waals surface area contributed by atoms with Crippen LogP contribution in [0.15, 0.2) is 17.2 Å². The van der Waals surface area contributed by atoms with Gasteiger partial charge in [0.05, 0.1) is 0 Å². The average Bonchev–Trinajstić information content (AvgIpc) is 3.03. The highest BCUT2D eigenvalue weighted by Gasteiger charge is 2.25. The second-order valence-corrected chi connectivity index (χ2v) is 4.09. The van der Waals surface area contributed by atoms with Crippen LogP contribution in [0.4, 0.5) is 0 Å². The number of halogens is 1. The van der Waals surface area contributed by atoms with Gasteiger partial charge >= 0.3 is 0 Å². The van der Waals surface area contributed by atoms with Crippen molar-refractivity contribution >= 4 is 18.1 Å². The predicted molar refractivity (Wildman–Crippen MR) is 65.5 cm³/mol. The molecule has 0 saturated heterocycles. The zero-order valence-corrected chi connectivity index (χ0v) is 10.1. The molecule has 0 atom stereocenters. The lowest BCUT2D eigenvalue weighted by Gasteiger charge is -2.03. The predicted octanol–water partition coefficient (Wildman–Crippen LogP) is 0.149. The Morgan fingerprint density at radius 3 is 2.76 bits per heavy atom. The van der Waals surface area contributed by atoms with Gasteiger partial charge < -0.3 is 10.3 Å². The number of hydrogen-bond donors (Lipinski definition) is 1. The second kappa shape index (κ2) is 4.46. The van der Waals surface area contributed by atoms with Gasteiger partial charge in [0.1, 0.15) is 5.82 Å². The molecular formula is C10H14ClN5O. The first-order chi connectivity index (χ1) is 7.81. The van der Waals surface area contributed by atoms with Gasteiger partial charge in [-0.2, -0.15) is 0 Å². The highest BCUT2D eigenvalue weighted by molar-refractivity contribution is 5.85. The highest BCUT2D eigenvalue weighted by atomic mass is 35.5. The summed E-state index contributed by atoms with van der Waals surface area (Å²) in [5.74, 6) is 0.748. The fraction of sp³-hybridized carbons (Fsp3) is 0.500. The first kappa shape index (κ1) is 12.1. The third-order valence-corrected chi connectivity index (χ3v) is 2.88. The van der Waals surface area contributed by atoms with E-state index in [0.29, 0.717) is 24.7 Å². The summed E-state index contributed by atoms with van der Waals surface area (Å²) in [6.07, 6.45) is 6.46. The van der Waals surface area contributed by atoms with Gasteiger partial charge in [0, 0.05) is 24.9 Å². The molecule has 2 heterocycles. The zero-order valence-electron chi connectivity index (χ0n) is 9.24. The van der Waals surface area contributed by atoms with E-state index in [1.807, 2.05) is 12.4 Å². The Morgan fingerprint density at radius 2 is 2.12 bits per heavy atom. The van der Waals surface area contributed by atoms with E-state index in [9.17, 15) is 4.79 Å². The van der Waals surface area contributed by atoms with Crippen molar-refractivity contribution in [3.05, 3.63) is 28.6 Å². The largest absolute Gasteiger partial charge is 0.330 e. The van der Waals surface area contributed by atoms with Crippen molar-refractivity contribution in [2.75, 3.05) is 6.54 Å². The Hall–Kier alpha value is -1.40. The van der Waals surface area contributed by atoms with Crippen LogP contribution in [0.3, 0.4) is 0 Å². The van der Waals surface area contributed by atoms with Crippen LogP contribution in [-0.2, 0) is 6.42 Å². The van der Waals surface area contributed by atoms with Crippen LogP contribution in [0.25, 0.3) is 5.65 Å². The molecule has 2 N–H and O–H groups in total. The van der Waals surface area contributed by atoms with Crippen molar-refractivity contribution in [2.45, 2.75) is 25.3 Å². The number of hydrogen-bond acceptors (Lipinski definition) is 4. The van der Waals surface area contributed by atoms with Gasteiger partial charge in [-0.15, -0.1) is 22.6 Å². The summed E-state index contributed by atoms with van der Waals surface area (Å²) in [6, 6.07) is 0.368. The molecule has 1 aliphatic rings. The molecule has 1 aliphatic carbocycles. The van der Waals surface area contributed by atoms with E-state index in [-0.39, 0.29) is 18.0 Å². The fourth-order valence-electron chi connectivity index (χ4n) is 1.89. The Balaban J connectivity index is 0.00000108. The number of nitrogens with zero attached hydrogens (tertiary/aromatic N) is 4. The molecule has 2 aromatic heterocycles. The van der Waals surface area contributed by atoms with Gasteiger partial charge in [0.15, 0.2) is 0 Å². The van der Waals surface area contributed by atoms with Crippen molar-refractivity contribution in [3.63, 3.8) is 0 Å². The maximum absolute atomic E-state index is 12.0. The van der Waals surface area contributed by atoms with Crippen LogP contribution < -0.4 is 11.3 Å². The summed E-state index contributed by atoms with van der Waals surface area (Å²) in [4.78, 5) is 12.0. The minimum Gasteiger partial charge on any atom is -0.330 e. The molecule has 6 nitrogen and oxygen atoms in total. The average molecular weight is 256 g/mol. The van der Waals surface area contributed by atoms with Crippen LogP contribution >= 0.6 is 12.4 Å². The Morgan fingerprint density at radius 1 is 1.35 bits per heavy atom. The summed E-state index contributed by atoms with van der Waals surface area (Å²) < 4.78 is 3.48. The maximum atomic E-state index is 12.0. The quantitative estimate of drug-likeness (QED) is 0.847. The van der Waals surface area contributed by atoms with Gasteiger partial charge in [-0.1, -0.05) is 0 Å². The molecule has 0 aliphatic heterocycles. The van der Waals surface area contributed by atoms with E-state index < -0.39 is 0 Å². The standard InChI is InChI=1S/C10H13N5O.ClH/c11-4-3-8-12-13-9-10(16)14(7-1-2-7)5-6-15(8)9;/h5-7H,1-4,11H2;1H. The van der Waals surface area contributed by atoms with Crippen molar-refractivity contribution in [3.8, 4) is 0 Å². The molecule has 0 unspecified atom stereocenters. The van der Waals surface area contributed by atoms with E-state index in [1.165, 1.54) is 0 Å². The van der Waals surface area contributed by atoms with Crippen molar-refractivity contribution in [1.82, 2.24) is 19.2 Å².